The predicted molar refractivity (Wildman–Crippen MR) is 40.1 cm³/mol. The van der Waals surface area contributed by atoms with Gasteiger partial charge in [-0.15, -0.1) is 0 Å². The summed E-state index contributed by atoms with van der Waals surface area (Å²) in [6.07, 6.45) is 4.01. The quantitative estimate of drug-likeness (QED) is 0.252. The van der Waals surface area contributed by atoms with Crippen molar-refractivity contribution >= 4 is 5.71 Å². The Morgan fingerprint density at radius 1 is 1.30 bits per heavy atom. The largest absolute Gasteiger partial charge is 1.00 e. The Labute approximate surface area is 86.5 Å². The predicted octanol–water partition coefficient (Wildman–Crippen LogP) is -0.467. The van der Waals surface area contributed by atoms with E-state index in [9.17, 15) is 0 Å². The first-order valence-corrected chi connectivity index (χ1v) is 3.54. The van der Waals surface area contributed by atoms with Crippen molar-refractivity contribution in [3.05, 3.63) is 0 Å². The van der Waals surface area contributed by atoms with E-state index in [-0.39, 0.29) is 31.0 Å². The third kappa shape index (κ3) is 6.59. The molecule has 0 aromatic heterocycles. The van der Waals surface area contributed by atoms with Crippen LogP contribution in [0, 0.1) is 0 Å². The molecule has 0 heterocycles. The van der Waals surface area contributed by atoms with Crippen LogP contribution in [0.1, 0.15) is 41.0 Å². The minimum Gasteiger partial charge on any atom is -1.00 e. The summed E-state index contributed by atoms with van der Waals surface area (Å²) in [6, 6.07) is 0. The van der Waals surface area contributed by atoms with Gasteiger partial charge in [-0.05, 0) is 12.8 Å². The Morgan fingerprint density at radius 2 is 1.70 bits per heavy atom. The summed E-state index contributed by atoms with van der Waals surface area (Å²) >= 11 is 0. The van der Waals surface area contributed by atoms with E-state index in [4.69, 9.17) is 5.21 Å². The molecule has 0 aromatic rings. The monoisotopic (exact) mass is 153 g/mol. The van der Waals surface area contributed by atoms with E-state index >= 15 is 0 Å². The van der Waals surface area contributed by atoms with Gasteiger partial charge in [0.25, 0.3) is 0 Å². The van der Waals surface area contributed by atoms with Crippen LogP contribution in [0.25, 0.3) is 0 Å². The molecule has 0 bridgehead atoms. The summed E-state index contributed by atoms with van der Waals surface area (Å²) in [6.45, 7) is 4.17. The molecule has 56 valence electrons. The SMILES string of the molecule is CCCC(CCC)=NO.[H-].[Na+]. The molecule has 0 rings (SSSR count). The molecule has 2 nitrogen and oxygen atoms in total. The molecule has 0 spiro atoms. The van der Waals surface area contributed by atoms with Gasteiger partial charge >= 0.3 is 29.6 Å². The summed E-state index contributed by atoms with van der Waals surface area (Å²) in [5.74, 6) is 0. The Bertz CT molecular complexity index is 90.4. The van der Waals surface area contributed by atoms with Crippen LogP contribution >= 0.6 is 0 Å². The normalized spacial score (nSPS) is 8.20. The molecule has 0 aliphatic rings. The molecule has 0 aliphatic heterocycles. The van der Waals surface area contributed by atoms with Crippen molar-refractivity contribution in [2.75, 3.05) is 0 Å². The van der Waals surface area contributed by atoms with Gasteiger partial charge in [0.1, 0.15) is 0 Å². The van der Waals surface area contributed by atoms with Gasteiger partial charge in [0, 0.05) is 0 Å². The van der Waals surface area contributed by atoms with E-state index in [2.05, 4.69) is 19.0 Å². The van der Waals surface area contributed by atoms with Crippen LogP contribution in [0.5, 0.6) is 0 Å². The number of hydrogen-bond acceptors (Lipinski definition) is 2. The first-order chi connectivity index (χ1) is 4.35. The molecule has 0 atom stereocenters. The van der Waals surface area contributed by atoms with Crippen LogP contribution < -0.4 is 29.6 Å². The number of nitrogens with zero attached hydrogens (tertiary/aromatic N) is 1. The van der Waals surface area contributed by atoms with Crippen LogP contribution in [0.2, 0.25) is 0 Å². The molecule has 0 unspecified atom stereocenters. The zero-order chi connectivity index (χ0) is 7.11. The summed E-state index contributed by atoms with van der Waals surface area (Å²) in [5, 5.41) is 11.6. The van der Waals surface area contributed by atoms with Gasteiger partial charge in [-0.3, -0.25) is 0 Å². The zero-order valence-electron chi connectivity index (χ0n) is 8.22. The third-order valence-electron chi connectivity index (χ3n) is 1.22. The molecule has 0 radical (unpaired) electrons. The second-order valence-electron chi connectivity index (χ2n) is 2.17. The Kier molecular flexibility index (Phi) is 12.4. The van der Waals surface area contributed by atoms with Gasteiger partial charge in [0.05, 0.1) is 5.71 Å². The van der Waals surface area contributed by atoms with Gasteiger partial charge in [0.15, 0.2) is 0 Å². The minimum atomic E-state index is 0. The summed E-state index contributed by atoms with van der Waals surface area (Å²) in [4.78, 5) is 0. The topological polar surface area (TPSA) is 32.6 Å². The van der Waals surface area contributed by atoms with Crippen molar-refractivity contribution in [3.63, 3.8) is 0 Å². The molecule has 0 saturated carbocycles. The molecule has 0 saturated heterocycles. The van der Waals surface area contributed by atoms with Gasteiger partial charge < -0.3 is 6.63 Å². The van der Waals surface area contributed by atoms with Crippen molar-refractivity contribution in [3.8, 4) is 0 Å². The molecule has 0 aliphatic carbocycles. The van der Waals surface area contributed by atoms with E-state index in [1.165, 1.54) is 0 Å². The van der Waals surface area contributed by atoms with Gasteiger partial charge in [-0.1, -0.05) is 31.8 Å². The fraction of sp³-hybridized carbons (Fsp3) is 0.857. The van der Waals surface area contributed by atoms with E-state index in [1.807, 2.05) is 0 Å². The van der Waals surface area contributed by atoms with Crippen LogP contribution in [0.15, 0.2) is 5.16 Å². The van der Waals surface area contributed by atoms with E-state index in [0.29, 0.717) is 0 Å². The average molecular weight is 153 g/mol. The van der Waals surface area contributed by atoms with Crippen molar-refractivity contribution < 1.29 is 36.2 Å². The van der Waals surface area contributed by atoms with Crippen LogP contribution in [-0.2, 0) is 0 Å². The smallest absolute Gasteiger partial charge is 1.00 e. The molecule has 0 aromatic carbocycles. The maximum atomic E-state index is 8.38. The van der Waals surface area contributed by atoms with Crippen LogP contribution in [-0.4, -0.2) is 10.9 Å². The van der Waals surface area contributed by atoms with Crippen LogP contribution in [0.3, 0.4) is 0 Å². The molecule has 0 fully saturated rings. The molecule has 10 heavy (non-hydrogen) atoms. The number of oxime groups is 1. The van der Waals surface area contributed by atoms with E-state index in [1.54, 1.807) is 0 Å². The molecule has 0 amide bonds. The molecule has 3 heteroatoms. The van der Waals surface area contributed by atoms with Crippen molar-refractivity contribution in [1.82, 2.24) is 0 Å². The fourth-order valence-electron chi connectivity index (χ4n) is 0.802. The molecule has 1 N–H and O–H groups in total. The fourth-order valence-corrected chi connectivity index (χ4v) is 0.802. The summed E-state index contributed by atoms with van der Waals surface area (Å²) in [7, 11) is 0. The summed E-state index contributed by atoms with van der Waals surface area (Å²) < 4.78 is 0. The second-order valence-corrected chi connectivity index (χ2v) is 2.17. The van der Waals surface area contributed by atoms with E-state index < -0.39 is 0 Å². The minimum absolute atomic E-state index is 0. The standard InChI is InChI=1S/C7H15NO.Na.H/c1-3-5-7(8-9)6-4-2;;/h9H,3-6H2,1-2H3;;/q;+1;-1. The Morgan fingerprint density at radius 3 is 1.90 bits per heavy atom. The van der Waals surface area contributed by atoms with E-state index in [0.717, 1.165) is 31.4 Å². The summed E-state index contributed by atoms with van der Waals surface area (Å²) in [5.41, 5.74) is 0.931. The molecular formula is C7H16NNaO. The Hall–Kier alpha value is 0.470. The van der Waals surface area contributed by atoms with Crippen molar-refractivity contribution in [1.29, 1.82) is 0 Å². The Balaban J connectivity index is -0.000000320. The third-order valence-corrected chi connectivity index (χ3v) is 1.22. The first kappa shape index (κ1) is 13.1. The molecular weight excluding hydrogens is 137 g/mol. The van der Waals surface area contributed by atoms with Crippen LogP contribution in [0.4, 0.5) is 0 Å². The second kappa shape index (κ2) is 9.47. The van der Waals surface area contributed by atoms with Gasteiger partial charge in [-0.2, -0.15) is 0 Å². The van der Waals surface area contributed by atoms with Gasteiger partial charge in [0.2, 0.25) is 0 Å². The average Bonchev–Trinajstić information content (AvgIpc) is 1.88. The van der Waals surface area contributed by atoms with Crippen molar-refractivity contribution in [2.24, 2.45) is 5.16 Å². The maximum Gasteiger partial charge on any atom is 1.00 e. The maximum absolute atomic E-state index is 8.38. The van der Waals surface area contributed by atoms with Gasteiger partial charge in [-0.25, -0.2) is 0 Å². The zero-order valence-corrected chi connectivity index (χ0v) is 9.22. The number of hydrogen-bond donors (Lipinski definition) is 1. The number of rotatable bonds is 4. The van der Waals surface area contributed by atoms with Crippen molar-refractivity contribution in [2.45, 2.75) is 39.5 Å². The first-order valence-electron chi connectivity index (χ1n) is 3.54.